The van der Waals surface area contributed by atoms with Crippen molar-refractivity contribution in [2.75, 3.05) is 18.4 Å². The third-order valence-corrected chi connectivity index (χ3v) is 6.93. The molecule has 0 saturated carbocycles. The number of amides is 1. The van der Waals surface area contributed by atoms with E-state index in [4.69, 9.17) is 0 Å². The van der Waals surface area contributed by atoms with Gasteiger partial charge in [0.25, 0.3) is 12.3 Å². The van der Waals surface area contributed by atoms with Crippen molar-refractivity contribution < 1.29 is 22.0 Å². The fourth-order valence-electron chi connectivity index (χ4n) is 2.75. The van der Waals surface area contributed by atoms with Crippen molar-refractivity contribution in [1.29, 1.82) is 0 Å². The SMILES string of the molecule is O=C(Nc1nnc(C(F)F)s1)c1ccc(S(=O)(=O)N2CCCCCC2)cc1. The molecule has 1 fully saturated rings. The van der Waals surface area contributed by atoms with Gasteiger partial charge in [0.05, 0.1) is 4.90 Å². The smallest absolute Gasteiger partial charge is 0.291 e. The van der Waals surface area contributed by atoms with Crippen molar-refractivity contribution in [2.45, 2.75) is 37.0 Å². The molecule has 0 spiro atoms. The van der Waals surface area contributed by atoms with Crippen LogP contribution in [0.15, 0.2) is 29.2 Å². The van der Waals surface area contributed by atoms with E-state index >= 15 is 0 Å². The molecule has 1 aromatic carbocycles. The van der Waals surface area contributed by atoms with Crippen molar-refractivity contribution in [3.05, 3.63) is 34.8 Å². The van der Waals surface area contributed by atoms with Crippen LogP contribution in [0.25, 0.3) is 0 Å². The first-order chi connectivity index (χ1) is 12.9. The zero-order valence-corrected chi connectivity index (χ0v) is 15.9. The molecular formula is C16H18F2N4O3S2. The number of anilines is 1. The number of rotatable bonds is 5. The van der Waals surface area contributed by atoms with Crippen LogP contribution in [-0.2, 0) is 10.0 Å². The maximum absolute atomic E-state index is 12.7. The first-order valence-electron chi connectivity index (χ1n) is 8.41. The molecule has 3 rings (SSSR count). The van der Waals surface area contributed by atoms with Gasteiger partial charge >= 0.3 is 0 Å². The number of sulfonamides is 1. The van der Waals surface area contributed by atoms with E-state index in [1.807, 2.05) is 0 Å². The lowest BCUT2D eigenvalue weighted by atomic mass is 10.2. The van der Waals surface area contributed by atoms with Gasteiger partial charge in [0.2, 0.25) is 15.2 Å². The van der Waals surface area contributed by atoms with Crippen molar-refractivity contribution >= 4 is 32.4 Å². The summed E-state index contributed by atoms with van der Waals surface area (Å²) in [6.07, 6.45) is 0.954. The highest BCUT2D eigenvalue weighted by molar-refractivity contribution is 7.89. The number of aromatic nitrogens is 2. The van der Waals surface area contributed by atoms with Crippen LogP contribution in [0.3, 0.4) is 0 Å². The van der Waals surface area contributed by atoms with Crippen LogP contribution in [0.2, 0.25) is 0 Å². The van der Waals surface area contributed by atoms with E-state index in [0.717, 1.165) is 25.7 Å². The molecule has 0 atom stereocenters. The summed E-state index contributed by atoms with van der Waals surface area (Å²) < 4.78 is 51.9. The standard InChI is InChI=1S/C16H18F2N4O3S2/c17-13(18)15-20-21-16(26-15)19-14(23)11-5-7-12(8-6-11)27(24,25)22-9-3-1-2-4-10-22/h5-8,13H,1-4,9-10H2,(H,19,21,23). The summed E-state index contributed by atoms with van der Waals surface area (Å²) in [6.45, 7) is 0.988. The predicted octanol–water partition coefficient (Wildman–Crippen LogP) is 3.29. The monoisotopic (exact) mass is 416 g/mol. The molecule has 2 heterocycles. The summed E-state index contributed by atoms with van der Waals surface area (Å²) in [4.78, 5) is 12.3. The van der Waals surface area contributed by atoms with Gasteiger partial charge in [-0.3, -0.25) is 10.1 Å². The molecule has 1 saturated heterocycles. The Bertz CT molecular complexity index is 893. The fraction of sp³-hybridized carbons (Fsp3) is 0.438. The highest BCUT2D eigenvalue weighted by Crippen LogP contribution is 2.26. The molecule has 0 unspecified atom stereocenters. The molecule has 27 heavy (non-hydrogen) atoms. The Morgan fingerprint density at radius 1 is 1.07 bits per heavy atom. The average molecular weight is 416 g/mol. The minimum atomic E-state index is -3.59. The molecule has 1 amide bonds. The lowest BCUT2D eigenvalue weighted by molar-refractivity contribution is 0.102. The number of halogens is 2. The second-order valence-electron chi connectivity index (χ2n) is 6.04. The van der Waals surface area contributed by atoms with Gasteiger partial charge in [-0.15, -0.1) is 10.2 Å². The minimum Gasteiger partial charge on any atom is -0.296 e. The van der Waals surface area contributed by atoms with Gasteiger partial charge in [0, 0.05) is 18.7 Å². The number of alkyl halides is 2. The lowest BCUT2D eigenvalue weighted by Gasteiger charge is -2.20. The van der Waals surface area contributed by atoms with Gasteiger partial charge in [-0.2, -0.15) is 4.31 Å². The van der Waals surface area contributed by atoms with Gasteiger partial charge in [-0.25, -0.2) is 17.2 Å². The molecule has 1 aliphatic rings. The highest BCUT2D eigenvalue weighted by Gasteiger charge is 2.25. The van der Waals surface area contributed by atoms with E-state index in [1.165, 1.54) is 28.6 Å². The molecule has 7 nitrogen and oxygen atoms in total. The molecule has 11 heteroatoms. The molecule has 1 aliphatic heterocycles. The number of hydrogen-bond acceptors (Lipinski definition) is 6. The van der Waals surface area contributed by atoms with E-state index < -0.39 is 27.4 Å². The molecule has 0 radical (unpaired) electrons. The summed E-state index contributed by atoms with van der Waals surface area (Å²) in [7, 11) is -3.59. The number of nitrogens with one attached hydrogen (secondary N) is 1. The number of nitrogens with zero attached hydrogens (tertiary/aromatic N) is 3. The summed E-state index contributed by atoms with van der Waals surface area (Å²) in [5.74, 6) is -0.578. The number of carbonyl (C=O) groups is 1. The van der Waals surface area contributed by atoms with Crippen molar-refractivity contribution in [3.63, 3.8) is 0 Å². The predicted molar refractivity (Wildman–Crippen MR) is 96.5 cm³/mol. The van der Waals surface area contributed by atoms with Crippen molar-refractivity contribution in [3.8, 4) is 0 Å². The van der Waals surface area contributed by atoms with Crippen LogP contribution in [0, 0.1) is 0 Å². The summed E-state index contributed by atoms with van der Waals surface area (Å²) in [6, 6.07) is 5.52. The molecular weight excluding hydrogens is 398 g/mol. The summed E-state index contributed by atoms with van der Waals surface area (Å²) >= 11 is 0.585. The Labute approximate surface area is 159 Å². The topological polar surface area (TPSA) is 92.3 Å². The molecule has 0 bridgehead atoms. The highest BCUT2D eigenvalue weighted by atomic mass is 32.2. The maximum atomic E-state index is 12.7. The van der Waals surface area contributed by atoms with Gasteiger partial charge in [-0.05, 0) is 37.1 Å². The Morgan fingerprint density at radius 3 is 2.26 bits per heavy atom. The van der Waals surface area contributed by atoms with Crippen LogP contribution in [-0.4, -0.2) is 41.9 Å². The van der Waals surface area contributed by atoms with Gasteiger partial charge in [0.1, 0.15) is 0 Å². The minimum absolute atomic E-state index is 0.0448. The number of carbonyl (C=O) groups excluding carboxylic acids is 1. The second kappa shape index (κ2) is 8.36. The quantitative estimate of drug-likeness (QED) is 0.807. The normalized spacial score (nSPS) is 16.3. The van der Waals surface area contributed by atoms with E-state index in [-0.39, 0.29) is 15.6 Å². The van der Waals surface area contributed by atoms with Gasteiger partial charge < -0.3 is 0 Å². The zero-order chi connectivity index (χ0) is 19.4. The Balaban J connectivity index is 1.71. The van der Waals surface area contributed by atoms with Crippen LogP contribution in [0.1, 0.15) is 47.5 Å². The van der Waals surface area contributed by atoms with Gasteiger partial charge in [-0.1, -0.05) is 24.2 Å². The van der Waals surface area contributed by atoms with Crippen LogP contribution >= 0.6 is 11.3 Å². The lowest BCUT2D eigenvalue weighted by Crippen LogP contribution is -2.31. The van der Waals surface area contributed by atoms with Crippen LogP contribution in [0.4, 0.5) is 13.9 Å². The number of benzene rings is 1. The van der Waals surface area contributed by atoms with Gasteiger partial charge in [0.15, 0.2) is 5.01 Å². The Kier molecular flexibility index (Phi) is 6.12. The average Bonchev–Trinajstić information content (AvgIpc) is 2.94. The van der Waals surface area contributed by atoms with Crippen molar-refractivity contribution in [1.82, 2.24) is 14.5 Å². The van der Waals surface area contributed by atoms with Crippen LogP contribution < -0.4 is 5.32 Å². The van der Waals surface area contributed by atoms with E-state index in [0.29, 0.717) is 24.4 Å². The fourth-order valence-corrected chi connectivity index (χ4v) is 4.86. The first-order valence-corrected chi connectivity index (χ1v) is 10.7. The zero-order valence-electron chi connectivity index (χ0n) is 14.3. The molecule has 2 aromatic rings. The van der Waals surface area contributed by atoms with E-state index in [9.17, 15) is 22.0 Å². The molecule has 0 aliphatic carbocycles. The summed E-state index contributed by atoms with van der Waals surface area (Å²) in [5.41, 5.74) is 0.193. The van der Waals surface area contributed by atoms with E-state index in [1.54, 1.807) is 0 Å². The maximum Gasteiger partial charge on any atom is 0.291 e. The van der Waals surface area contributed by atoms with Crippen molar-refractivity contribution in [2.24, 2.45) is 0 Å². The molecule has 1 N–H and O–H groups in total. The Hall–Kier alpha value is -1.98. The third-order valence-electron chi connectivity index (χ3n) is 4.17. The third kappa shape index (κ3) is 4.66. The molecule has 1 aromatic heterocycles. The Morgan fingerprint density at radius 2 is 1.70 bits per heavy atom. The first kappa shape index (κ1) is 19.8. The van der Waals surface area contributed by atoms with E-state index in [2.05, 4.69) is 15.5 Å². The van der Waals surface area contributed by atoms with Crippen LogP contribution in [0.5, 0.6) is 0 Å². The summed E-state index contributed by atoms with van der Waals surface area (Å²) in [5, 5.41) is 8.62. The molecule has 146 valence electrons. The second-order valence-corrected chi connectivity index (χ2v) is 8.99. The largest absolute Gasteiger partial charge is 0.296 e. The number of hydrogen-bond donors (Lipinski definition) is 1.